The van der Waals surface area contributed by atoms with Gasteiger partial charge in [-0.2, -0.15) is 0 Å². The number of furan rings is 1. The van der Waals surface area contributed by atoms with Crippen LogP contribution < -0.4 is 9.64 Å². The number of non-ortho nitro benzene ring substituents is 1. The van der Waals surface area contributed by atoms with Gasteiger partial charge < -0.3 is 9.15 Å². The molecule has 2 aromatic carbocycles. The number of nitrogens with zero attached hydrogens (tertiary/aromatic N) is 2. The summed E-state index contributed by atoms with van der Waals surface area (Å²) in [6.07, 6.45) is 1.64. The predicted molar refractivity (Wildman–Crippen MR) is 129 cm³/mol. The van der Waals surface area contributed by atoms with Gasteiger partial charge in [-0.1, -0.05) is 41.7 Å². The maximum Gasteiger partial charge on any atom is 0.273 e. The lowest BCUT2D eigenvalue weighted by molar-refractivity contribution is -0.384. The number of aryl methyl sites for hydroxylation is 2. The fourth-order valence-electron chi connectivity index (χ4n) is 3.43. The molecule has 1 amide bonds. The van der Waals surface area contributed by atoms with Crippen LogP contribution in [0.15, 0.2) is 57.9 Å². The second kappa shape index (κ2) is 8.60. The van der Waals surface area contributed by atoms with E-state index in [0.717, 1.165) is 16.8 Å². The number of hydrogen-bond acceptors (Lipinski definition) is 7. The lowest BCUT2D eigenvalue weighted by atomic mass is 10.1. The maximum atomic E-state index is 13.1. The van der Waals surface area contributed by atoms with E-state index in [9.17, 15) is 14.9 Å². The number of thiocarbonyl (C=S) groups is 1. The summed E-state index contributed by atoms with van der Waals surface area (Å²) in [4.78, 5) is 25.6. The molecule has 3 aromatic rings. The van der Waals surface area contributed by atoms with Crippen molar-refractivity contribution in [2.75, 3.05) is 12.0 Å². The van der Waals surface area contributed by atoms with Crippen molar-refractivity contribution in [3.8, 4) is 17.1 Å². The van der Waals surface area contributed by atoms with Gasteiger partial charge in [-0.05, 0) is 43.7 Å². The molecule has 0 aliphatic carbocycles. The minimum atomic E-state index is -0.488. The lowest BCUT2D eigenvalue weighted by Gasteiger charge is -2.17. The van der Waals surface area contributed by atoms with Gasteiger partial charge in [0, 0.05) is 12.1 Å². The number of thioether (sulfide) groups is 1. The third-order valence-corrected chi connectivity index (χ3v) is 6.25. The number of benzene rings is 2. The Morgan fingerprint density at radius 3 is 2.62 bits per heavy atom. The average Bonchev–Trinajstić information content (AvgIpc) is 3.32. The Balaban J connectivity index is 1.63. The molecule has 0 radical (unpaired) electrons. The highest BCUT2D eigenvalue weighted by atomic mass is 32.2. The summed E-state index contributed by atoms with van der Waals surface area (Å²) in [5.41, 5.74) is 3.33. The van der Waals surface area contributed by atoms with Crippen molar-refractivity contribution in [2.24, 2.45) is 0 Å². The van der Waals surface area contributed by atoms with Gasteiger partial charge >= 0.3 is 0 Å². The minimum Gasteiger partial charge on any atom is -0.496 e. The highest BCUT2D eigenvalue weighted by Crippen LogP contribution is 2.39. The highest BCUT2D eigenvalue weighted by Gasteiger charge is 2.34. The second-order valence-corrected chi connectivity index (χ2v) is 8.83. The summed E-state index contributed by atoms with van der Waals surface area (Å²) in [6.45, 7) is 3.94. The Bertz CT molecular complexity index is 1300. The maximum absolute atomic E-state index is 13.1. The van der Waals surface area contributed by atoms with E-state index in [4.69, 9.17) is 21.4 Å². The molecule has 162 valence electrons. The molecule has 1 aromatic heterocycles. The van der Waals surface area contributed by atoms with Gasteiger partial charge in [-0.15, -0.1) is 0 Å². The number of rotatable bonds is 5. The summed E-state index contributed by atoms with van der Waals surface area (Å²) in [6, 6.07) is 13.6. The molecule has 1 fully saturated rings. The fourth-order valence-corrected chi connectivity index (χ4v) is 4.70. The molecule has 0 unspecified atom stereocenters. The molecule has 0 bridgehead atoms. The number of carbonyl (C=O) groups excluding carboxylic acids is 1. The second-order valence-electron chi connectivity index (χ2n) is 7.15. The van der Waals surface area contributed by atoms with Gasteiger partial charge in [0.1, 0.15) is 17.3 Å². The van der Waals surface area contributed by atoms with E-state index < -0.39 is 4.92 Å². The quantitative estimate of drug-likeness (QED) is 0.201. The smallest absolute Gasteiger partial charge is 0.273 e. The molecule has 1 saturated heterocycles. The standard InChI is InChI=1S/C23H18N2O5S2/c1-13-4-8-18(14(2)10-13)24-22(26)21(32-23(24)31)12-16-6-9-19(30-16)17-7-5-15(25(27)28)11-20(17)29-3/h4-12H,1-3H3/b21-12-. The topological polar surface area (TPSA) is 85.8 Å². The van der Waals surface area contributed by atoms with Crippen LogP contribution in [0.1, 0.15) is 16.9 Å². The number of anilines is 1. The van der Waals surface area contributed by atoms with Gasteiger partial charge in [0.15, 0.2) is 4.32 Å². The van der Waals surface area contributed by atoms with E-state index >= 15 is 0 Å². The van der Waals surface area contributed by atoms with Crippen molar-refractivity contribution in [3.63, 3.8) is 0 Å². The predicted octanol–water partition coefficient (Wildman–Crippen LogP) is 5.89. The first kappa shape index (κ1) is 21.8. The van der Waals surface area contributed by atoms with Gasteiger partial charge in [0.2, 0.25) is 0 Å². The van der Waals surface area contributed by atoms with Crippen LogP contribution in [0.2, 0.25) is 0 Å². The normalized spacial score (nSPS) is 15.0. The zero-order valence-corrected chi connectivity index (χ0v) is 19.1. The zero-order valence-electron chi connectivity index (χ0n) is 17.4. The molecule has 9 heteroatoms. The number of nitro groups is 1. The highest BCUT2D eigenvalue weighted by molar-refractivity contribution is 8.27. The summed E-state index contributed by atoms with van der Waals surface area (Å²) >= 11 is 6.67. The largest absolute Gasteiger partial charge is 0.496 e. The van der Waals surface area contributed by atoms with Crippen LogP contribution in [-0.2, 0) is 4.79 Å². The number of hydrogen-bond donors (Lipinski definition) is 0. The number of ether oxygens (including phenoxy) is 1. The van der Waals surface area contributed by atoms with E-state index in [2.05, 4.69) is 0 Å². The molecule has 7 nitrogen and oxygen atoms in total. The molecule has 4 rings (SSSR count). The van der Waals surface area contributed by atoms with Crippen molar-refractivity contribution in [1.82, 2.24) is 0 Å². The molecule has 0 spiro atoms. The van der Waals surface area contributed by atoms with E-state index in [0.29, 0.717) is 32.1 Å². The summed E-state index contributed by atoms with van der Waals surface area (Å²) in [5.74, 6) is 1.04. The van der Waals surface area contributed by atoms with Crippen molar-refractivity contribution >= 4 is 51.7 Å². The van der Waals surface area contributed by atoms with Crippen LogP contribution in [0.4, 0.5) is 11.4 Å². The van der Waals surface area contributed by atoms with Crippen molar-refractivity contribution in [1.29, 1.82) is 0 Å². The Labute approximate surface area is 193 Å². The average molecular weight is 467 g/mol. The molecule has 32 heavy (non-hydrogen) atoms. The van der Waals surface area contributed by atoms with Gasteiger partial charge in [-0.25, -0.2) is 0 Å². The fraction of sp³-hybridized carbons (Fsp3) is 0.130. The van der Waals surface area contributed by atoms with E-state index in [1.165, 1.54) is 35.9 Å². The Hall–Kier alpha value is -3.43. The van der Waals surface area contributed by atoms with Crippen LogP contribution in [0.5, 0.6) is 5.75 Å². The third-order valence-electron chi connectivity index (χ3n) is 4.95. The van der Waals surface area contributed by atoms with E-state index in [-0.39, 0.29) is 11.6 Å². The molecule has 1 aliphatic rings. The molecular formula is C23H18N2O5S2. The van der Waals surface area contributed by atoms with E-state index in [1.54, 1.807) is 24.3 Å². The summed E-state index contributed by atoms with van der Waals surface area (Å²) in [7, 11) is 1.44. The first-order valence-electron chi connectivity index (χ1n) is 9.56. The van der Waals surface area contributed by atoms with Crippen molar-refractivity contribution < 1.29 is 18.9 Å². The monoisotopic (exact) mass is 466 g/mol. The van der Waals surface area contributed by atoms with Crippen molar-refractivity contribution in [2.45, 2.75) is 13.8 Å². The zero-order chi connectivity index (χ0) is 23.0. The molecular weight excluding hydrogens is 448 g/mol. The van der Waals surface area contributed by atoms with E-state index in [1.807, 2.05) is 32.0 Å². The Morgan fingerprint density at radius 2 is 1.94 bits per heavy atom. The van der Waals surface area contributed by atoms with Crippen LogP contribution in [-0.4, -0.2) is 22.3 Å². The molecule has 1 aliphatic heterocycles. The molecule has 0 N–H and O–H groups in total. The Morgan fingerprint density at radius 1 is 1.16 bits per heavy atom. The first-order chi connectivity index (χ1) is 15.3. The number of carbonyl (C=O) groups is 1. The van der Waals surface area contributed by atoms with Crippen LogP contribution in [0, 0.1) is 24.0 Å². The van der Waals surface area contributed by atoms with Gasteiger partial charge in [0.05, 0.1) is 34.3 Å². The third kappa shape index (κ3) is 4.04. The minimum absolute atomic E-state index is 0.0764. The first-order valence-corrected chi connectivity index (χ1v) is 10.8. The SMILES string of the molecule is COc1cc([N+](=O)[O-])ccc1-c1ccc(/C=C2\SC(=S)N(c3ccc(C)cc3C)C2=O)o1. The summed E-state index contributed by atoms with van der Waals surface area (Å²) < 4.78 is 11.6. The summed E-state index contributed by atoms with van der Waals surface area (Å²) in [5, 5.41) is 11.0. The molecule has 2 heterocycles. The number of methoxy groups -OCH3 is 1. The van der Waals surface area contributed by atoms with Crippen LogP contribution >= 0.6 is 24.0 Å². The number of amides is 1. The molecule has 0 saturated carbocycles. The van der Waals surface area contributed by atoms with Crippen LogP contribution in [0.25, 0.3) is 17.4 Å². The van der Waals surface area contributed by atoms with Gasteiger partial charge in [-0.3, -0.25) is 19.8 Å². The van der Waals surface area contributed by atoms with Crippen molar-refractivity contribution in [3.05, 3.63) is 80.4 Å². The Kier molecular flexibility index (Phi) is 5.86. The number of nitro benzene ring substituents is 1. The van der Waals surface area contributed by atoms with Crippen LogP contribution in [0.3, 0.4) is 0 Å². The molecule has 0 atom stereocenters. The lowest BCUT2D eigenvalue weighted by Crippen LogP contribution is -2.28. The van der Waals surface area contributed by atoms with Gasteiger partial charge in [0.25, 0.3) is 11.6 Å².